The van der Waals surface area contributed by atoms with Gasteiger partial charge in [0.1, 0.15) is 12.2 Å². The van der Waals surface area contributed by atoms with E-state index in [0.717, 1.165) is 21.0 Å². The second kappa shape index (κ2) is 7.64. The molecule has 0 aliphatic carbocycles. The van der Waals surface area contributed by atoms with Crippen molar-refractivity contribution >= 4 is 38.7 Å². The van der Waals surface area contributed by atoms with Crippen LogP contribution in [0.5, 0.6) is 5.75 Å². The van der Waals surface area contributed by atoms with Crippen molar-refractivity contribution < 1.29 is 18.7 Å². The third-order valence-corrected chi connectivity index (χ3v) is 4.63. The number of carbonyl (C=O) groups is 1. The maximum atomic E-state index is 12.2. The summed E-state index contributed by atoms with van der Waals surface area (Å²) in [6, 6.07) is 11.6. The van der Waals surface area contributed by atoms with Crippen LogP contribution in [0.4, 0.5) is 10.5 Å². The quantitative estimate of drug-likeness (QED) is 0.516. The van der Waals surface area contributed by atoms with Crippen molar-refractivity contribution in [2.24, 2.45) is 0 Å². The summed E-state index contributed by atoms with van der Waals surface area (Å²) in [5, 5.41) is 3.64. The molecule has 1 aromatic heterocycles. The highest BCUT2D eigenvalue weighted by Crippen LogP contribution is 2.41. The van der Waals surface area contributed by atoms with E-state index in [1.54, 1.807) is 12.3 Å². The molecule has 0 spiro atoms. The van der Waals surface area contributed by atoms with Crippen molar-refractivity contribution in [2.45, 2.75) is 39.9 Å². The first-order chi connectivity index (χ1) is 12.7. The number of halogens is 1. The smallest absolute Gasteiger partial charge is 0.412 e. The van der Waals surface area contributed by atoms with E-state index in [9.17, 15) is 4.79 Å². The lowest BCUT2D eigenvalue weighted by Crippen LogP contribution is -2.27. The van der Waals surface area contributed by atoms with Crippen molar-refractivity contribution in [2.75, 3.05) is 5.32 Å². The molecule has 2 aromatic carbocycles. The van der Waals surface area contributed by atoms with Crippen LogP contribution in [0.1, 0.15) is 31.9 Å². The summed E-state index contributed by atoms with van der Waals surface area (Å²) in [5.74, 6) is 0.552. The summed E-state index contributed by atoms with van der Waals surface area (Å²) in [4.78, 5) is 12.2. The number of benzene rings is 2. The average Bonchev–Trinajstić information content (AvgIpc) is 2.98. The fourth-order valence-corrected chi connectivity index (χ4v) is 3.35. The van der Waals surface area contributed by atoms with Gasteiger partial charge in [0.05, 0.1) is 16.4 Å². The maximum absolute atomic E-state index is 12.2. The Kier molecular flexibility index (Phi) is 5.46. The summed E-state index contributed by atoms with van der Waals surface area (Å²) in [7, 11) is 0. The number of aryl methyl sites for hydroxylation is 1. The number of furan rings is 1. The van der Waals surface area contributed by atoms with Crippen LogP contribution in [0.25, 0.3) is 11.0 Å². The van der Waals surface area contributed by atoms with Gasteiger partial charge in [-0.1, -0.05) is 30.3 Å². The van der Waals surface area contributed by atoms with Gasteiger partial charge in [0.2, 0.25) is 0 Å². The van der Waals surface area contributed by atoms with Crippen molar-refractivity contribution in [3.8, 4) is 5.75 Å². The van der Waals surface area contributed by atoms with Gasteiger partial charge in [-0.25, -0.2) is 4.79 Å². The zero-order valence-corrected chi connectivity index (χ0v) is 17.3. The molecule has 6 heteroatoms. The molecule has 0 atom stereocenters. The van der Waals surface area contributed by atoms with Gasteiger partial charge in [-0.05, 0) is 54.8 Å². The van der Waals surface area contributed by atoms with E-state index in [1.807, 2.05) is 58.0 Å². The van der Waals surface area contributed by atoms with E-state index in [2.05, 4.69) is 21.2 Å². The summed E-state index contributed by atoms with van der Waals surface area (Å²) in [5.41, 5.74) is 2.58. The first-order valence-electron chi connectivity index (χ1n) is 8.61. The summed E-state index contributed by atoms with van der Waals surface area (Å²) >= 11 is 3.56. The van der Waals surface area contributed by atoms with Crippen molar-refractivity contribution in [1.29, 1.82) is 0 Å². The SMILES string of the molecule is Cc1coc2c(OCc3ccccc3)cc(NC(=O)OC(C)(C)C)c(Br)c12. The molecule has 3 rings (SSSR count). The summed E-state index contributed by atoms with van der Waals surface area (Å²) in [6.07, 6.45) is 1.14. The lowest BCUT2D eigenvalue weighted by atomic mass is 10.1. The van der Waals surface area contributed by atoms with E-state index in [-0.39, 0.29) is 0 Å². The number of carbonyl (C=O) groups excluding carboxylic acids is 1. The Bertz CT molecular complexity index is 958. The van der Waals surface area contributed by atoms with Crippen LogP contribution in [0.2, 0.25) is 0 Å². The zero-order valence-electron chi connectivity index (χ0n) is 15.8. The van der Waals surface area contributed by atoms with E-state index in [1.165, 1.54) is 0 Å². The molecule has 0 saturated carbocycles. The summed E-state index contributed by atoms with van der Waals surface area (Å²) in [6.45, 7) is 7.79. The number of hydrogen-bond acceptors (Lipinski definition) is 4. The number of ether oxygens (including phenoxy) is 2. The molecule has 5 nitrogen and oxygen atoms in total. The van der Waals surface area contributed by atoms with Gasteiger partial charge < -0.3 is 13.9 Å². The third kappa shape index (κ3) is 4.63. The molecule has 142 valence electrons. The fraction of sp³-hybridized carbons (Fsp3) is 0.286. The number of nitrogens with one attached hydrogen (secondary N) is 1. The van der Waals surface area contributed by atoms with Gasteiger partial charge in [0, 0.05) is 11.5 Å². The molecular weight excluding hydrogens is 410 g/mol. The number of rotatable bonds is 4. The lowest BCUT2D eigenvalue weighted by molar-refractivity contribution is 0.0636. The Morgan fingerprint density at radius 3 is 2.59 bits per heavy atom. The predicted octanol–water partition coefficient (Wildman–Crippen LogP) is 6.43. The van der Waals surface area contributed by atoms with Crippen LogP contribution in [0.15, 0.2) is 51.6 Å². The molecule has 1 heterocycles. The average molecular weight is 432 g/mol. The van der Waals surface area contributed by atoms with E-state index >= 15 is 0 Å². The largest absolute Gasteiger partial charge is 0.485 e. The molecule has 1 N–H and O–H groups in total. The molecule has 0 radical (unpaired) electrons. The van der Waals surface area contributed by atoms with Crippen LogP contribution in [-0.2, 0) is 11.3 Å². The number of amides is 1. The van der Waals surface area contributed by atoms with Crippen molar-refractivity contribution in [1.82, 2.24) is 0 Å². The molecule has 3 aromatic rings. The fourth-order valence-electron chi connectivity index (χ4n) is 2.64. The molecule has 0 aliphatic heterocycles. The topological polar surface area (TPSA) is 60.7 Å². The Hall–Kier alpha value is -2.47. The van der Waals surface area contributed by atoms with Gasteiger partial charge in [-0.15, -0.1) is 0 Å². The van der Waals surface area contributed by atoms with Gasteiger partial charge in [0.25, 0.3) is 0 Å². The lowest BCUT2D eigenvalue weighted by Gasteiger charge is -2.20. The third-order valence-electron chi connectivity index (χ3n) is 3.80. The standard InChI is InChI=1S/C21H22BrNO4/c1-13-11-26-19-16(25-12-14-8-6-5-7-9-14)10-15(18(22)17(13)19)23-20(24)27-21(2,3)4/h5-11H,12H2,1-4H3,(H,23,24). The Labute approximate surface area is 166 Å². The maximum Gasteiger partial charge on any atom is 0.412 e. The Morgan fingerprint density at radius 2 is 1.93 bits per heavy atom. The molecule has 27 heavy (non-hydrogen) atoms. The first-order valence-corrected chi connectivity index (χ1v) is 9.41. The highest BCUT2D eigenvalue weighted by molar-refractivity contribution is 9.10. The van der Waals surface area contributed by atoms with E-state index < -0.39 is 11.7 Å². The van der Waals surface area contributed by atoms with Gasteiger partial charge in [-0.2, -0.15) is 0 Å². The van der Waals surface area contributed by atoms with Crippen LogP contribution in [0, 0.1) is 6.92 Å². The minimum Gasteiger partial charge on any atom is -0.485 e. The van der Waals surface area contributed by atoms with Crippen molar-refractivity contribution in [3.05, 3.63) is 58.3 Å². The molecule has 0 saturated heterocycles. The normalized spacial score (nSPS) is 11.4. The molecule has 0 unspecified atom stereocenters. The molecule has 1 amide bonds. The minimum atomic E-state index is -0.584. The van der Waals surface area contributed by atoms with E-state index in [4.69, 9.17) is 13.9 Å². The van der Waals surface area contributed by atoms with Gasteiger partial charge in [-0.3, -0.25) is 5.32 Å². The van der Waals surface area contributed by atoms with Crippen LogP contribution < -0.4 is 10.1 Å². The van der Waals surface area contributed by atoms with Gasteiger partial charge >= 0.3 is 6.09 Å². The monoisotopic (exact) mass is 431 g/mol. The molecular formula is C21H22BrNO4. The summed E-state index contributed by atoms with van der Waals surface area (Å²) < 4.78 is 17.8. The highest BCUT2D eigenvalue weighted by Gasteiger charge is 2.21. The Balaban J connectivity index is 1.93. The van der Waals surface area contributed by atoms with Crippen LogP contribution in [0.3, 0.4) is 0 Å². The predicted molar refractivity (Wildman–Crippen MR) is 109 cm³/mol. The molecule has 0 fully saturated rings. The number of anilines is 1. The first kappa shape index (κ1) is 19.3. The van der Waals surface area contributed by atoms with Gasteiger partial charge in [0.15, 0.2) is 11.3 Å². The highest BCUT2D eigenvalue weighted by atomic mass is 79.9. The van der Waals surface area contributed by atoms with Crippen molar-refractivity contribution in [3.63, 3.8) is 0 Å². The molecule has 0 bridgehead atoms. The second-order valence-electron chi connectivity index (χ2n) is 7.26. The van der Waals surface area contributed by atoms with Crippen LogP contribution in [-0.4, -0.2) is 11.7 Å². The number of fused-ring (bicyclic) bond motifs is 1. The van der Waals surface area contributed by atoms with E-state index in [0.29, 0.717) is 23.6 Å². The Morgan fingerprint density at radius 1 is 1.22 bits per heavy atom. The minimum absolute atomic E-state index is 0.392. The second-order valence-corrected chi connectivity index (χ2v) is 8.05. The zero-order chi connectivity index (χ0) is 19.6. The van der Waals surface area contributed by atoms with Crippen LogP contribution >= 0.6 is 15.9 Å². The molecule has 0 aliphatic rings. The number of hydrogen-bond donors (Lipinski definition) is 1.